The maximum atomic E-state index is 12.0. The van der Waals surface area contributed by atoms with E-state index in [1.807, 2.05) is 0 Å². The highest BCUT2D eigenvalue weighted by molar-refractivity contribution is 7.15. The van der Waals surface area contributed by atoms with Crippen molar-refractivity contribution in [3.63, 3.8) is 0 Å². The molecule has 2 aromatic rings. The second kappa shape index (κ2) is 7.86. The van der Waals surface area contributed by atoms with Crippen LogP contribution in [0.1, 0.15) is 30.6 Å². The maximum Gasteiger partial charge on any atom is 0.317 e. The van der Waals surface area contributed by atoms with Crippen molar-refractivity contribution in [3.05, 3.63) is 16.7 Å². The van der Waals surface area contributed by atoms with E-state index >= 15 is 0 Å². The first-order valence-electron chi connectivity index (χ1n) is 7.32. The van der Waals surface area contributed by atoms with Crippen molar-refractivity contribution in [1.82, 2.24) is 30.6 Å². The summed E-state index contributed by atoms with van der Waals surface area (Å²) in [5.74, 6) is 1.53. The molecule has 0 aliphatic heterocycles. The molecule has 10 heteroatoms. The molecule has 23 heavy (non-hydrogen) atoms. The molecule has 2 rings (SSSR count). The first-order valence-corrected chi connectivity index (χ1v) is 8.14. The van der Waals surface area contributed by atoms with Gasteiger partial charge in [-0.05, 0) is 5.92 Å². The summed E-state index contributed by atoms with van der Waals surface area (Å²) in [7, 11) is 1.68. The number of amides is 2. The molecule has 2 aromatic heterocycles. The summed E-state index contributed by atoms with van der Waals surface area (Å²) in [5.41, 5.74) is 5.50. The SMILES string of the molecule is CC(C)Cc1nc(CN(C)C(=O)NCCc2nnc(N)s2)no1. The largest absolute Gasteiger partial charge is 0.374 e. The zero-order valence-electron chi connectivity index (χ0n) is 13.4. The monoisotopic (exact) mass is 339 g/mol. The van der Waals surface area contributed by atoms with Crippen LogP contribution >= 0.6 is 11.3 Å². The third-order valence-corrected chi connectivity index (χ3v) is 3.73. The van der Waals surface area contributed by atoms with E-state index in [1.165, 1.54) is 16.2 Å². The summed E-state index contributed by atoms with van der Waals surface area (Å²) < 4.78 is 5.15. The molecule has 0 spiro atoms. The minimum Gasteiger partial charge on any atom is -0.374 e. The van der Waals surface area contributed by atoms with Gasteiger partial charge in [0.1, 0.15) is 5.01 Å². The van der Waals surface area contributed by atoms with Gasteiger partial charge in [0.05, 0.1) is 6.54 Å². The molecule has 126 valence electrons. The van der Waals surface area contributed by atoms with Crippen molar-refractivity contribution in [1.29, 1.82) is 0 Å². The summed E-state index contributed by atoms with van der Waals surface area (Å²) in [5, 5.41) is 15.5. The van der Waals surface area contributed by atoms with Crippen molar-refractivity contribution in [3.8, 4) is 0 Å². The highest BCUT2D eigenvalue weighted by Gasteiger charge is 2.14. The normalized spacial score (nSPS) is 11.0. The number of nitrogens with two attached hydrogens (primary N) is 1. The fourth-order valence-electron chi connectivity index (χ4n) is 1.85. The second-order valence-corrected chi connectivity index (χ2v) is 6.67. The Morgan fingerprint density at radius 1 is 1.43 bits per heavy atom. The van der Waals surface area contributed by atoms with E-state index in [4.69, 9.17) is 10.3 Å². The molecule has 9 nitrogen and oxygen atoms in total. The molecule has 0 saturated heterocycles. The van der Waals surface area contributed by atoms with Crippen LogP contribution in [0.2, 0.25) is 0 Å². The number of carbonyl (C=O) groups is 1. The summed E-state index contributed by atoms with van der Waals surface area (Å²) in [6.45, 7) is 4.91. The van der Waals surface area contributed by atoms with Crippen LogP contribution in [0.5, 0.6) is 0 Å². The van der Waals surface area contributed by atoms with Gasteiger partial charge in [-0.2, -0.15) is 4.98 Å². The third kappa shape index (κ3) is 5.47. The molecule has 0 aliphatic carbocycles. The molecule has 2 heterocycles. The van der Waals surface area contributed by atoms with Gasteiger partial charge >= 0.3 is 6.03 Å². The number of anilines is 1. The van der Waals surface area contributed by atoms with Gasteiger partial charge in [-0.15, -0.1) is 10.2 Å². The zero-order chi connectivity index (χ0) is 16.8. The van der Waals surface area contributed by atoms with Crippen LogP contribution in [0.15, 0.2) is 4.52 Å². The lowest BCUT2D eigenvalue weighted by atomic mass is 10.1. The molecule has 3 N–H and O–H groups in total. The number of nitrogens with one attached hydrogen (secondary N) is 1. The summed E-state index contributed by atoms with van der Waals surface area (Å²) in [6.07, 6.45) is 1.32. The van der Waals surface area contributed by atoms with Crippen LogP contribution in [0.25, 0.3) is 0 Å². The predicted molar refractivity (Wildman–Crippen MR) is 85.7 cm³/mol. The molecular formula is C13H21N7O2S. The Kier molecular flexibility index (Phi) is 5.85. The molecule has 0 fully saturated rings. The Balaban J connectivity index is 1.74. The Bertz CT molecular complexity index is 640. The van der Waals surface area contributed by atoms with E-state index in [2.05, 4.69) is 39.5 Å². The third-order valence-electron chi connectivity index (χ3n) is 2.92. The molecule has 0 aliphatic rings. The maximum absolute atomic E-state index is 12.0. The number of rotatable bonds is 7. The zero-order valence-corrected chi connectivity index (χ0v) is 14.3. The van der Waals surface area contributed by atoms with E-state index in [0.29, 0.717) is 42.3 Å². The van der Waals surface area contributed by atoms with Crippen LogP contribution in [0.3, 0.4) is 0 Å². The topological polar surface area (TPSA) is 123 Å². The van der Waals surface area contributed by atoms with Gasteiger partial charge in [0.25, 0.3) is 0 Å². The van der Waals surface area contributed by atoms with Crippen LogP contribution in [-0.2, 0) is 19.4 Å². The fraction of sp³-hybridized carbons (Fsp3) is 0.615. The number of nitrogens with zero attached hydrogens (tertiary/aromatic N) is 5. The first-order chi connectivity index (χ1) is 10.9. The van der Waals surface area contributed by atoms with Crippen molar-refractivity contribution in [2.45, 2.75) is 33.2 Å². The molecule has 0 bridgehead atoms. The second-order valence-electron chi connectivity index (χ2n) is 5.57. The van der Waals surface area contributed by atoms with E-state index in [9.17, 15) is 4.79 Å². The van der Waals surface area contributed by atoms with Gasteiger partial charge in [-0.1, -0.05) is 30.3 Å². The van der Waals surface area contributed by atoms with E-state index in [-0.39, 0.29) is 6.03 Å². The Morgan fingerprint density at radius 2 is 2.22 bits per heavy atom. The van der Waals surface area contributed by atoms with Crippen molar-refractivity contribution < 1.29 is 9.32 Å². The number of aromatic nitrogens is 4. The van der Waals surface area contributed by atoms with Crippen molar-refractivity contribution >= 4 is 22.5 Å². The number of hydrogen-bond acceptors (Lipinski definition) is 8. The number of urea groups is 1. The van der Waals surface area contributed by atoms with E-state index in [0.717, 1.165) is 11.4 Å². The Hall–Kier alpha value is -2.23. The minimum absolute atomic E-state index is 0.210. The summed E-state index contributed by atoms with van der Waals surface area (Å²) in [4.78, 5) is 17.8. The standard InChI is InChI=1S/C13H21N7O2S/c1-8(2)6-10-16-9(19-22-10)7-20(3)13(21)15-5-4-11-17-18-12(14)23-11/h8H,4-7H2,1-3H3,(H2,14,18)(H,15,21). The molecule has 2 amide bonds. The fourth-order valence-corrected chi connectivity index (χ4v) is 2.46. The lowest BCUT2D eigenvalue weighted by Gasteiger charge is -2.15. The number of nitrogen functional groups attached to an aromatic ring is 1. The molecule has 0 unspecified atom stereocenters. The minimum atomic E-state index is -0.210. The van der Waals surface area contributed by atoms with Crippen LogP contribution in [-0.4, -0.2) is 44.9 Å². The average Bonchev–Trinajstić information content (AvgIpc) is 3.07. The average molecular weight is 339 g/mol. The van der Waals surface area contributed by atoms with Gasteiger partial charge in [0.2, 0.25) is 11.0 Å². The van der Waals surface area contributed by atoms with E-state index in [1.54, 1.807) is 7.05 Å². The Labute approximate surface area is 138 Å². The molecule has 0 saturated carbocycles. The number of carbonyl (C=O) groups excluding carboxylic acids is 1. The van der Waals surface area contributed by atoms with Gasteiger partial charge in [-0.25, -0.2) is 4.79 Å². The number of hydrogen-bond donors (Lipinski definition) is 2. The highest BCUT2D eigenvalue weighted by Crippen LogP contribution is 2.11. The van der Waals surface area contributed by atoms with Gasteiger partial charge in [-0.3, -0.25) is 0 Å². The van der Waals surface area contributed by atoms with E-state index < -0.39 is 0 Å². The van der Waals surface area contributed by atoms with Gasteiger partial charge in [0, 0.05) is 26.4 Å². The van der Waals surface area contributed by atoms with Crippen molar-refractivity contribution in [2.75, 3.05) is 19.3 Å². The predicted octanol–water partition coefficient (Wildman–Crippen LogP) is 1.09. The van der Waals surface area contributed by atoms with Crippen LogP contribution in [0, 0.1) is 5.92 Å². The van der Waals surface area contributed by atoms with Gasteiger partial charge in [0.15, 0.2) is 5.82 Å². The molecule has 0 aromatic carbocycles. The summed E-state index contributed by atoms with van der Waals surface area (Å²) in [6, 6.07) is -0.210. The smallest absolute Gasteiger partial charge is 0.317 e. The lowest BCUT2D eigenvalue weighted by Crippen LogP contribution is -2.38. The van der Waals surface area contributed by atoms with Crippen LogP contribution < -0.4 is 11.1 Å². The van der Waals surface area contributed by atoms with Gasteiger partial charge < -0.3 is 20.5 Å². The summed E-state index contributed by atoms with van der Waals surface area (Å²) >= 11 is 1.32. The Morgan fingerprint density at radius 3 is 2.87 bits per heavy atom. The molecule has 0 atom stereocenters. The first kappa shape index (κ1) is 17.1. The van der Waals surface area contributed by atoms with Crippen molar-refractivity contribution in [2.24, 2.45) is 5.92 Å². The lowest BCUT2D eigenvalue weighted by molar-refractivity contribution is 0.205. The quantitative estimate of drug-likeness (QED) is 0.773. The molecule has 0 radical (unpaired) electrons. The highest BCUT2D eigenvalue weighted by atomic mass is 32.1. The van der Waals surface area contributed by atoms with Crippen LogP contribution in [0.4, 0.5) is 9.93 Å². The molecular weight excluding hydrogens is 318 g/mol.